The second kappa shape index (κ2) is 10.4. The van der Waals surface area contributed by atoms with Crippen molar-refractivity contribution in [2.24, 2.45) is 17.3 Å². The van der Waals surface area contributed by atoms with Gasteiger partial charge in [-0.3, -0.25) is 14.4 Å². The van der Waals surface area contributed by atoms with Crippen molar-refractivity contribution < 1.29 is 19.5 Å². The number of amides is 3. The number of hydrogen-bond acceptors (Lipinski definition) is 5. The summed E-state index contributed by atoms with van der Waals surface area (Å²) in [4.78, 5) is 48.2. The molecule has 8 heteroatoms. The molecule has 1 spiro atoms. The fourth-order valence-electron chi connectivity index (χ4n) is 7.23. The van der Waals surface area contributed by atoms with Crippen LogP contribution in [0.25, 0.3) is 0 Å². The quantitative estimate of drug-likeness (QED) is 0.383. The van der Waals surface area contributed by atoms with Gasteiger partial charge in [0.05, 0.1) is 16.6 Å². The van der Waals surface area contributed by atoms with Gasteiger partial charge in [0.15, 0.2) is 0 Å². The highest BCUT2D eigenvalue weighted by Gasteiger charge is 2.71. The van der Waals surface area contributed by atoms with E-state index >= 15 is 0 Å². The van der Waals surface area contributed by atoms with Gasteiger partial charge in [0.2, 0.25) is 17.7 Å². The van der Waals surface area contributed by atoms with Crippen molar-refractivity contribution in [2.45, 2.75) is 88.8 Å². The molecule has 0 aliphatic carbocycles. The number of carbonyl (C=O) groups is 3. The molecule has 0 saturated carbocycles. The van der Waals surface area contributed by atoms with E-state index in [1.54, 1.807) is 16.7 Å². The summed E-state index contributed by atoms with van der Waals surface area (Å²) in [6.45, 7) is 15.0. The van der Waals surface area contributed by atoms with Crippen molar-refractivity contribution in [1.29, 1.82) is 0 Å². The molecule has 4 heterocycles. The molecule has 7 nitrogen and oxygen atoms in total. The van der Waals surface area contributed by atoms with E-state index in [0.717, 1.165) is 12.8 Å². The molecule has 0 aromatic rings. The molecule has 4 aliphatic heterocycles. The molecule has 3 amide bonds. The van der Waals surface area contributed by atoms with Crippen LogP contribution in [-0.2, 0) is 14.4 Å². The van der Waals surface area contributed by atoms with Crippen LogP contribution in [0.2, 0.25) is 0 Å². The van der Waals surface area contributed by atoms with Gasteiger partial charge in [-0.05, 0) is 44.9 Å². The summed E-state index contributed by atoms with van der Waals surface area (Å²) in [5, 5.41) is 9.27. The zero-order chi connectivity index (χ0) is 27.2. The Morgan fingerprint density at radius 3 is 2.38 bits per heavy atom. The molecule has 0 aromatic carbocycles. The number of aliphatic hydroxyl groups is 1. The third-order valence-corrected chi connectivity index (χ3v) is 9.98. The van der Waals surface area contributed by atoms with Gasteiger partial charge in [-0.25, -0.2) is 0 Å². The van der Waals surface area contributed by atoms with E-state index in [-0.39, 0.29) is 35.0 Å². The van der Waals surface area contributed by atoms with Gasteiger partial charge >= 0.3 is 0 Å². The fourth-order valence-corrected chi connectivity index (χ4v) is 9.24. The summed E-state index contributed by atoms with van der Waals surface area (Å²) < 4.78 is -0.773. The second-order valence-corrected chi connectivity index (χ2v) is 14.4. The van der Waals surface area contributed by atoms with Crippen molar-refractivity contribution >= 4 is 29.5 Å². The first-order chi connectivity index (χ1) is 17.4. The Labute approximate surface area is 226 Å². The van der Waals surface area contributed by atoms with Crippen molar-refractivity contribution in [3.63, 3.8) is 0 Å². The number of aliphatic hydroxyl groups excluding tert-OH is 1. The van der Waals surface area contributed by atoms with E-state index in [1.807, 2.05) is 9.80 Å². The van der Waals surface area contributed by atoms with Crippen LogP contribution in [0.15, 0.2) is 24.3 Å². The smallest absolute Gasteiger partial charge is 0.247 e. The van der Waals surface area contributed by atoms with Crippen LogP contribution in [-0.4, -0.2) is 91.9 Å². The monoisotopic (exact) mass is 531 g/mol. The highest BCUT2D eigenvalue weighted by Crippen LogP contribution is 2.61. The van der Waals surface area contributed by atoms with E-state index in [2.05, 4.69) is 65.8 Å². The van der Waals surface area contributed by atoms with Crippen molar-refractivity contribution in [3.05, 3.63) is 24.3 Å². The SMILES string of the molecule is CCCN1CC=C[C@@H]2S[C@]34C=CCN(C(C)(C)CC(C)(C)C)C(=O)C3N(CCCCO)C(=O)[C@@H]4[C@@H]2C1=O. The number of carbonyl (C=O) groups excluding carboxylic acids is 3. The first kappa shape index (κ1) is 28.2. The number of fused-ring (bicyclic) bond motifs is 2. The number of nitrogens with zero attached hydrogens (tertiary/aromatic N) is 3. The number of thioether (sulfide) groups is 1. The molecule has 206 valence electrons. The summed E-state index contributed by atoms with van der Waals surface area (Å²) in [5.41, 5.74) is -0.369. The minimum absolute atomic E-state index is 0.0232. The predicted octanol–water partition coefficient (Wildman–Crippen LogP) is 3.48. The lowest BCUT2D eigenvalue weighted by Gasteiger charge is -2.44. The number of unbranched alkanes of at least 4 members (excludes halogenated alkanes) is 1. The lowest BCUT2D eigenvalue weighted by molar-refractivity contribution is -0.147. The van der Waals surface area contributed by atoms with Gasteiger partial charge in [0.25, 0.3) is 0 Å². The third kappa shape index (κ3) is 5.00. The van der Waals surface area contributed by atoms with Gasteiger partial charge in [0, 0.05) is 43.6 Å². The van der Waals surface area contributed by atoms with Crippen LogP contribution < -0.4 is 0 Å². The minimum Gasteiger partial charge on any atom is -0.396 e. The molecule has 0 radical (unpaired) electrons. The van der Waals surface area contributed by atoms with Crippen LogP contribution in [0.1, 0.15) is 67.2 Å². The average molecular weight is 532 g/mol. The summed E-state index contributed by atoms with van der Waals surface area (Å²) in [5.74, 6) is -1.12. The molecule has 1 unspecified atom stereocenters. The van der Waals surface area contributed by atoms with Gasteiger partial charge in [-0.2, -0.15) is 0 Å². The largest absolute Gasteiger partial charge is 0.396 e. The van der Waals surface area contributed by atoms with Crippen molar-refractivity contribution in [1.82, 2.24) is 14.7 Å². The van der Waals surface area contributed by atoms with E-state index in [9.17, 15) is 19.5 Å². The molecule has 2 fully saturated rings. The lowest BCUT2D eigenvalue weighted by Crippen LogP contribution is -2.58. The average Bonchev–Trinajstić information content (AvgIpc) is 3.10. The highest BCUT2D eigenvalue weighted by atomic mass is 32.2. The van der Waals surface area contributed by atoms with E-state index in [1.165, 1.54) is 0 Å². The summed E-state index contributed by atoms with van der Waals surface area (Å²) >= 11 is 1.64. The second-order valence-electron chi connectivity index (χ2n) is 12.9. The molecule has 1 N–H and O–H groups in total. The molecule has 37 heavy (non-hydrogen) atoms. The zero-order valence-electron chi connectivity index (χ0n) is 23.4. The molecule has 4 rings (SSSR count). The van der Waals surface area contributed by atoms with E-state index in [4.69, 9.17) is 0 Å². The Balaban J connectivity index is 1.78. The Bertz CT molecular complexity index is 971. The van der Waals surface area contributed by atoms with Gasteiger partial charge < -0.3 is 19.8 Å². The maximum atomic E-state index is 14.5. The Morgan fingerprint density at radius 1 is 1.00 bits per heavy atom. The van der Waals surface area contributed by atoms with Gasteiger partial charge in [-0.15, -0.1) is 11.8 Å². The lowest BCUT2D eigenvalue weighted by atomic mass is 9.77. The molecule has 0 aromatic heterocycles. The summed E-state index contributed by atoms with van der Waals surface area (Å²) in [6.07, 6.45) is 11.2. The standard InChI is InChI=1S/C29H45N3O4S/c1-7-14-30-15-10-12-20-21(24(30)34)22-25(35)31(16-8-9-18-33)23-26(36)32(17-11-13-29(22,23)37-20)28(5,6)19-27(2,3)4/h10-13,20-23,33H,7-9,14-19H2,1-6H3/t20-,21+,22-,23?,29-/m0/s1. The Kier molecular flexibility index (Phi) is 7.93. The zero-order valence-corrected chi connectivity index (χ0v) is 24.2. The van der Waals surface area contributed by atoms with Gasteiger partial charge in [0.1, 0.15) is 6.04 Å². The molecular weight excluding hydrogens is 486 g/mol. The van der Waals surface area contributed by atoms with Crippen LogP contribution in [0.5, 0.6) is 0 Å². The van der Waals surface area contributed by atoms with Crippen molar-refractivity contribution in [3.8, 4) is 0 Å². The van der Waals surface area contributed by atoms with E-state index in [0.29, 0.717) is 39.0 Å². The van der Waals surface area contributed by atoms with Crippen LogP contribution in [0, 0.1) is 17.3 Å². The summed E-state index contributed by atoms with van der Waals surface area (Å²) in [6, 6.07) is -0.653. The highest BCUT2D eigenvalue weighted by molar-refractivity contribution is 8.02. The third-order valence-electron chi connectivity index (χ3n) is 8.24. The molecule has 0 bridgehead atoms. The van der Waals surface area contributed by atoms with Crippen LogP contribution >= 0.6 is 11.8 Å². The Hall–Kier alpha value is -1.80. The molecule has 2 saturated heterocycles. The molecular formula is C29H45N3O4S. The predicted molar refractivity (Wildman–Crippen MR) is 148 cm³/mol. The Morgan fingerprint density at radius 2 is 1.73 bits per heavy atom. The number of likely N-dealkylation sites (tertiary alicyclic amines) is 1. The normalized spacial score (nSPS) is 32.0. The number of rotatable bonds is 8. The fraction of sp³-hybridized carbons (Fsp3) is 0.759. The molecule has 4 aliphatic rings. The maximum absolute atomic E-state index is 14.5. The first-order valence-corrected chi connectivity index (χ1v) is 14.8. The first-order valence-electron chi connectivity index (χ1n) is 13.9. The van der Waals surface area contributed by atoms with E-state index < -0.39 is 28.2 Å². The summed E-state index contributed by atoms with van der Waals surface area (Å²) in [7, 11) is 0. The van der Waals surface area contributed by atoms with Crippen molar-refractivity contribution in [2.75, 3.05) is 32.8 Å². The number of hydrogen-bond donors (Lipinski definition) is 1. The van der Waals surface area contributed by atoms with Gasteiger partial charge in [-0.1, -0.05) is 52.0 Å². The topological polar surface area (TPSA) is 81.2 Å². The maximum Gasteiger partial charge on any atom is 0.247 e. The minimum atomic E-state index is -0.773. The van der Waals surface area contributed by atoms with Crippen LogP contribution in [0.3, 0.4) is 0 Å². The van der Waals surface area contributed by atoms with Crippen LogP contribution in [0.4, 0.5) is 0 Å². The molecule has 5 atom stereocenters.